The van der Waals surface area contributed by atoms with Crippen molar-refractivity contribution >= 4 is 0 Å². The standard InChI is InChI=1S/C17H21NO2/c1-13-7-9-14(10-8-13)17(18)15-5-3-4-6-16(15)20-12-11-19-2/h3-10,17H,11-12,18H2,1-2H3. The molecule has 0 saturated heterocycles. The topological polar surface area (TPSA) is 44.5 Å². The third kappa shape index (κ3) is 3.59. The summed E-state index contributed by atoms with van der Waals surface area (Å²) < 4.78 is 10.7. The van der Waals surface area contributed by atoms with Crippen molar-refractivity contribution in [2.45, 2.75) is 13.0 Å². The SMILES string of the molecule is COCCOc1ccccc1C(N)c1ccc(C)cc1. The molecule has 2 rings (SSSR count). The van der Waals surface area contributed by atoms with Crippen molar-refractivity contribution in [2.75, 3.05) is 20.3 Å². The first-order valence-electron chi connectivity index (χ1n) is 6.75. The van der Waals surface area contributed by atoms with Gasteiger partial charge in [-0.2, -0.15) is 0 Å². The van der Waals surface area contributed by atoms with Crippen molar-refractivity contribution in [2.24, 2.45) is 5.73 Å². The summed E-state index contributed by atoms with van der Waals surface area (Å²) in [7, 11) is 1.66. The van der Waals surface area contributed by atoms with Crippen LogP contribution >= 0.6 is 0 Å². The lowest BCUT2D eigenvalue weighted by molar-refractivity contribution is 0.145. The summed E-state index contributed by atoms with van der Waals surface area (Å²) in [4.78, 5) is 0. The van der Waals surface area contributed by atoms with Gasteiger partial charge in [0.25, 0.3) is 0 Å². The Morgan fingerprint density at radius 2 is 1.70 bits per heavy atom. The van der Waals surface area contributed by atoms with Gasteiger partial charge < -0.3 is 15.2 Å². The lowest BCUT2D eigenvalue weighted by Gasteiger charge is -2.17. The van der Waals surface area contributed by atoms with E-state index in [-0.39, 0.29) is 6.04 Å². The third-order valence-corrected chi connectivity index (χ3v) is 3.24. The first kappa shape index (κ1) is 14.6. The summed E-state index contributed by atoms with van der Waals surface area (Å²) in [5, 5.41) is 0. The fraction of sp³-hybridized carbons (Fsp3) is 0.294. The molecule has 0 amide bonds. The van der Waals surface area contributed by atoms with Crippen molar-refractivity contribution < 1.29 is 9.47 Å². The fourth-order valence-electron chi connectivity index (χ4n) is 2.06. The molecule has 0 radical (unpaired) electrons. The van der Waals surface area contributed by atoms with Crippen molar-refractivity contribution in [3.63, 3.8) is 0 Å². The van der Waals surface area contributed by atoms with Gasteiger partial charge >= 0.3 is 0 Å². The number of para-hydroxylation sites is 1. The number of ether oxygens (including phenoxy) is 2. The Morgan fingerprint density at radius 1 is 1.00 bits per heavy atom. The molecule has 0 saturated carbocycles. The van der Waals surface area contributed by atoms with Crippen LogP contribution in [0.2, 0.25) is 0 Å². The van der Waals surface area contributed by atoms with E-state index >= 15 is 0 Å². The molecule has 0 aliphatic carbocycles. The van der Waals surface area contributed by atoms with Crippen LogP contribution in [0.1, 0.15) is 22.7 Å². The molecule has 0 aliphatic rings. The molecule has 2 aromatic rings. The second-order valence-corrected chi connectivity index (χ2v) is 4.77. The van der Waals surface area contributed by atoms with E-state index in [2.05, 4.69) is 31.2 Å². The van der Waals surface area contributed by atoms with E-state index in [0.29, 0.717) is 13.2 Å². The summed E-state index contributed by atoms with van der Waals surface area (Å²) in [5.74, 6) is 0.817. The minimum absolute atomic E-state index is 0.186. The van der Waals surface area contributed by atoms with E-state index in [4.69, 9.17) is 15.2 Å². The highest BCUT2D eigenvalue weighted by Crippen LogP contribution is 2.28. The summed E-state index contributed by atoms with van der Waals surface area (Å²) in [6.45, 7) is 3.15. The minimum Gasteiger partial charge on any atom is -0.491 e. The van der Waals surface area contributed by atoms with Crippen LogP contribution in [0.3, 0.4) is 0 Å². The average Bonchev–Trinajstić information content (AvgIpc) is 2.48. The van der Waals surface area contributed by atoms with Crippen LogP contribution in [0.15, 0.2) is 48.5 Å². The zero-order valence-corrected chi connectivity index (χ0v) is 12.0. The smallest absolute Gasteiger partial charge is 0.124 e. The lowest BCUT2D eigenvalue weighted by Crippen LogP contribution is -2.14. The van der Waals surface area contributed by atoms with Crippen molar-refractivity contribution in [3.8, 4) is 5.75 Å². The Morgan fingerprint density at radius 3 is 2.40 bits per heavy atom. The average molecular weight is 271 g/mol. The number of methoxy groups -OCH3 is 1. The Balaban J connectivity index is 2.20. The normalized spacial score (nSPS) is 12.2. The van der Waals surface area contributed by atoms with Crippen LogP contribution < -0.4 is 10.5 Å². The zero-order valence-electron chi connectivity index (χ0n) is 12.0. The van der Waals surface area contributed by atoms with Gasteiger partial charge in [-0.25, -0.2) is 0 Å². The number of benzene rings is 2. The van der Waals surface area contributed by atoms with E-state index in [1.165, 1.54) is 5.56 Å². The van der Waals surface area contributed by atoms with Gasteiger partial charge in [-0.15, -0.1) is 0 Å². The van der Waals surface area contributed by atoms with Gasteiger partial charge in [0.15, 0.2) is 0 Å². The van der Waals surface area contributed by atoms with Gasteiger partial charge in [-0.3, -0.25) is 0 Å². The third-order valence-electron chi connectivity index (χ3n) is 3.24. The molecule has 20 heavy (non-hydrogen) atoms. The molecule has 0 aromatic heterocycles. The first-order valence-corrected chi connectivity index (χ1v) is 6.75. The van der Waals surface area contributed by atoms with Crippen LogP contribution in [0.25, 0.3) is 0 Å². The molecular formula is C17H21NO2. The van der Waals surface area contributed by atoms with Crippen LogP contribution in [0.4, 0.5) is 0 Å². The van der Waals surface area contributed by atoms with E-state index < -0.39 is 0 Å². The molecule has 0 bridgehead atoms. The molecular weight excluding hydrogens is 250 g/mol. The number of hydrogen-bond acceptors (Lipinski definition) is 3. The van der Waals surface area contributed by atoms with E-state index in [1.54, 1.807) is 7.11 Å². The molecule has 2 aromatic carbocycles. The molecule has 2 N–H and O–H groups in total. The molecule has 1 atom stereocenters. The predicted octanol–water partition coefficient (Wildman–Crippen LogP) is 3.07. The number of rotatable bonds is 6. The molecule has 0 spiro atoms. The van der Waals surface area contributed by atoms with Crippen molar-refractivity contribution in [1.82, 2.24) is 0 Å². The van der Waals surface area contributed by atoms with Gasteiger partial charge in [-0.1, -0.05) is 48.0 Å². The lowest BCUT2D eigenvalue weighted by atomic mass is 9.98. The van der Waals surface area contributed by atoms with E-state index in [9.17, 15) is 0 Å². The van der Waals surface area contributed by atoms with Gasteiger partial charge in [0, 0.05) is 12.7 Å². The predicted molar refractivity (Wildman–Crippen MR) is 81.0 cm³/mol. The summed E-state index contributed by atoms with van der Waals surface area (Å²) in [6, 6.07) is 16.0. The van der Waals surface area contributed by atoms with Crippen LogP contribution in [0.5, 0.6) is 5.75 Å². The highest BCUT2D eigenvalue weighted by Gasteiger charge is 2.13. The number of hydrogen-bond donors (Lipinski definition) is 1. The highest BCUT2D eigenvalue weighted by atomic mass is 16.5. The van der Waals surface area contributed by atoms with E-state index in [0.717, 1.165) is 16.9 Å². The summed E-state index contributed by atoms with van der Waals surface area (Å²) >= 11 is 0. The largest absolute Gasteiger partial charge is 0.491 e. The van der Waals surface area contributed by atoms with E-state index in [1.807, 2.05) is 24.3 Å². The molecule has 0 aliphatic heterocycles. The molecule has 106 valence electrons. The molecule has 3 heteroatoms. The van der Waals surface area contributed by atoms with Crippen molar-refractivity contribution in [1.29, 1.82) is 0 Å². The van der Waals surface area contributed by atoms with Crippen LogP contribution in [-0.2, 0) is 4.74 Å². The number of nitrogens with two attached hydrogens (primary N) is 1. The fourth-order valence-corrected chi connectivity index (χ4v) is 2.06. The summed E-state index contributed by atoms with van der Waals surface area (Å²) in [5.41, 5.74) is 9.66. The van der Waals surface area contributed by atoms with Crippen LogP contribution in [-0.4, -0.2) is 20.3 Å². The number of aryl methyl sites for hydroxylation is 1. The molecule has 3 nitrogen and oxygen atoms in total. The Labute approximate surface area is 120 Å². The van der Waals surface area contributed by atoms with Gasteiger partial charge in [-0.05, 0) is 18.6 Å². The zero-order chi connectivity index (χ0) is 14.4. The highest BCUT2D eigenvalue weighted by molar-refractivity contribution is 5.41. The minimum atomic E-state index is -0.186. The monoisotopic (exact) mass is 271 g/mol. The molecule has 0 fully saturated rings. The maximum atomic E-state index is 6.36. The van der Waals surface area contributed by atoms with Crippen LogP contribution in [0, 0.1) is 6.92 Å². The first-order chi connectivity index (χ1) is 9.72. The second kappa shape index (κ2) is 7.08. The summed E-state index contributed by atoms with van der Waals surface area (Å²) in [6.07, 6.45) is 0. The molecule has 1 unspecified atom stereocenters. The quantitative estimate of drug-likeness (QED) is 0.821. The maximum Gasteiger partial charge on any atom is 0.124 e. The molecule has 0 heterocycles. The Hall–Kier alpha value is -1.84. The van der Waals surface area contributed by atoms with Gasteiger partial charge in [0.1, 0.15) is 12.4 Å². The Bertz CT molecular complexity index is 537. The Kier molecular flexibility index (Phi) is 5.16. The van der Waals surface area contributed by atoms with Gasteiger partial charge in [0.05, 0.1) is 12.6 Å². The van der Waals surface area contributed by atoms with Gasteiger partial charge in [0.2, 0.25) is 0 Å². The maximum absolute atomic E-state index is 6.36. The van der Waals surface area contributed by atoms with Crippen molar-refractivity contribution in [3.05, 3.63) is 65.2 Å². The second-order valence-electron chi connectivity index (χ2n) is 4.77.